The number of hydrogen-bond acceptors (Lipinski definition) is 4. The van der Waals surface area contributed by atoms with Crippen molar-refractivity contribution in [1.29, 1.82) is 0 Å². The van der Waals surface area contributed by atoms with Gasteiger partial charge in [0.2, 0.25) is 0 Å². The Morgan fingerprint density at radius 2 is 1.96 bits per heavy atom. The first-order valence-electron chi connectivity index (χ1n) is 7.75. The van der Waals surface area contributed by atoms with Gasteiger partial charge in [0.1, 0.15) is 11.5 Å². The third-order valence-corrected chi connectivity index (χ3v) is 3.45. The number of aromatic nitrogens is 1. The normalized spacial score (nSPS) is 12.3. The average molecular weight is 366 g/mol. The predicted molar refractivity (Wildman–Crippen MR) is 87.6 cm³/mol. The van der Waals surface area contributed by atoms with Crippen LogP contribution in [0, 0.1) is 0 Å². The number of ketones is 1. The molecule has 0 bridgehead atoms. The minimum atomic E-state index is -4.78. The van der Waals surface area contributed by atoms with E-state index in [1.165, 1.54) is 43.5 Å². The summed E-state index contributed by atoms with van der Waals surface area (Å²) in [5.74, 6) is -0.861. The van der Waals surface area contributed by atoms with Crippen molar-refractivity contribution in [2.45, 2.75) is 32.7 Å². The summed E-state index contributed by atoms with van der Waals surface area (Å²) in [5.41, 5.74) is 1.24. The summed E-state index contributed by atoms with van der Waals surface area (Å²) in [4.78, 5) is 27.5. The third kappa shape index (κ3) is 5.87. The summed E-state index contributed by atoms with van der Waals surface area (Å²) < 4.78 is 40.8. The van der Waals surface area contributed by atoms with Crippen LogP contribution in [0.25, 0.3) is 0 Å². The minimum Gasteiger partial charge on any atom is -0.406 e. The number of nitrogens with one attached hydrogen (secondary N) is 1. The van der Waals surface area contributed by atoms with Gasteiger partial charge in [-0.05, 0) is 43.7 Å². The molecule has 0 saturated carbocycles. The second-order valence-corrected chi connectivity index (χ2v) is 5.73. The molecular weight excluding hydrogens is 349 g/mol. The van der Waals surface area contributed by atoms with Gasteiger partial charge in [-0.15, -0.1) is 13.2 Å². The number of carbonyl (C=O) groups is 2. The third-order valence-electron chi connectivity index (χ3n) is 3.45. The molecule has 1 aromatic heterocycles. The number of ether oxygens (including phenoxy) is 1. The number of alkyl halides is 3. The van der Waals surface area contributed by atoms with Gasteiger partial charge in [-0.1, -0.05) is 12.1 Å². The molecule has 26 heavy (non-hydrogen) atoms. The van der Waals surface area contributed by atoms with Crippen LogP contribution in [-0.2, 0) is 11.2 Å². The second-order valence-electron chi connectivity index (χ2n) is 5.73. The lowest BCUT2D eigenvalue weighted by atomic mass is 10.1. The lowest BCUT2D eigenvalue weighted by Crippen LogP contribution is -2.27. The Balaban J connectivity index is 2.09. The Morgan fingerprint density at radius 1 is 1.23 bits per heavy atom. The number of nitrogens with zero attached hydrogens (tertiary/aromatic N) is 1. The molecule has 1 N–H and O–H groups in total. The van der Waals surface area contributed by atoms with Gasteiger partial charge in [0.15, 0.2) is 0 Å². The molecule has 1 amide bonds. The Hall–Kier alpha value is -2.90. The maximum Gasteiger partial charge on any atom is 0.573 e. The summed E-state index contributed by atoms with van der Waals surface area (Å²) in [6.07, 6.45) is -3.24. The van der Waals surface area contributed by atoms with Crippen LogP contribution in [0.2, 0.25) is 0 Å². The van der Waals surface area contributed by atoms with Crippen LogP contribution in [0.4, 0.5) is 13.2 Å². The summed E-state index contributed by atoms with van der Waals surface area (Å²) in [7, 11) is 0. The summed E-state index contributed by atoms with van der Waals surface area (Å²) >= 11 is 0. The van der Waals surface area contributed by atoms with Crippen molar-refractivity contribution in [1.82, 2.24) is 10.3 Å². The molecule has 0 aliphatic heterocycles. The van der Waals surface area contributed by atoms with Crippen molar-refractivity contribution in [2.75, 3.05) is 0 Å². The topological polar surface area (TPSA) is 68.3 Å². The highest BCUT2D eigenvalue weighted by Crippen LogP contribution is 2.25. The van der Waals surface area contributed by atoms with Crippen LogP contribution in [0.15, 0.2) is 42.6 Å². The van der Waals surface area contributed by atoms with Gasteiger partial charge in [0.05, 0.1) is 6.04 Å². The Labute approximate surface area is 148 Å². The second kappa shape index (κ2) is 7.99. The molecule has 0 spiro atoms. The van der Waals surface area contributed by atoms with Crippen molar-refractivity contribution in [2.24, 2.45) is 0 Å². The molecule has 0 fully saturated rings. The maximum absolute atomic E-state index is 12.3. The van der Waals surface area contributed by atoms with E-state index in [-0.39, 0.29) is 18.0 Å². The average Bonchev–Trinajstić information content (AvgIpc) is 2.53. The molecule has 2 aromatic rings. The highest BCUT2D eigenvalue weighted by Gasteiger charge is 2.31. The van der Waals surface area contributed by atoms with E-state index in [2.05, 4.69) is 15.0 Å². The predicted octanol–water partition coefficient (Wildman–Crippen LogP) is 3.60. The number of hydrogen-bond donors (Lipinski definition) is 1. The fourth-order valence-corrected chi connectivity index (χ4v) is 2.32. The smallest absolute Gasteiger partial charge is 0.406 e. The first-order valence-corrected chi connectivity index (χ1v) is 7.75. The van der Waals surface area contributed by atoms with E-state index >= 15 is 0 Å². The SMILES string of the molecule is CC(=O)Cc1cc(C(=O)NC(C)c2cccc(OC(F)(F)F)c2)ccn1. The fourth-order valence-electron chi connectivity index (χ4n) is 2.32. The Kier molecular flexibility index (Phi) is 5.97. The maximum atomic E-state index is 12.3. The van der Waals surface area contributed by atoms with Crippen LogP contribution in [0.3, 0.4) is 0 Å². The van der Waals surface area contributed by atoms with E-state index in [0.29, 0.717) is 16.8 Å². The molecule has 1 atom stereocenters. The molecule has 1 aromatic carbocycles. The van der Waals surface area contributed by atoms with Crippen molar-refractivity contribution in [3.8, 4) is 5.75 Å². The highest BCUT2D eigenvalue weighted by atomic mass is 19.4. The molecule has 1 heterocycles. The van der Waals surface area contributed by atoms with Crippen molar-refractivity contribution in [3.05, 3.63) is 59.4 Å². The van der Waals surface area contributed by atoms with Gasteiger partial charge < -0.3 is 10.1 Å². The van der Waals surface area contributed by atoms with Gasteiger partial charge in [-0.25, -0.2) is 0 Å². The zero-order valence-electron chi connectivity index (χ0n) is 14.1. The monoisotopic (exact) mass is 366 g/mol. The molecule has 0 aliphatic carbocycles. The van der Waals surface area contributed by atoms with Gasteiger partial charge in [-0.2, -0.15) is 0 Å². The largest absolute Gasteiger partial charge is 0.573 e. The highest BCUT2D eigenvalue weighted by molar-refractivity contribution is 5.94. The standard InChI is InChI=1S/C18H17F3N2O3/c1-11(24)8-15-9-14(6-7-22-15)17(25)23-12(2)13-4-3-5-16(10-13)26-18(19,20)21/h3-7,9-10,12H,8H2,1-2H3,(H,23,25). The number of rotatable bonds is 6. The number of Topliss-reactive ketones (excluding diaryl/α,β-unsaturated/α-hetero) is 1. The molecule has 2 rings (SSSR count). The molecule has 138 valence electrons. The minimum absolute atomic E-state index is 0.0788. The lowest BCUT2D eigenvalue weighted by molar-refractivity contribution is -0.274. The van der Waals surface area contributed by atoms with Crippen LogP contribution in [-0.4, -0.2) is 23.0 Å². The van der Waals surface area contributed by atoms with E-state index < -0.39 is 18.3 Å². The van der Waals surface area contributed by atoms with E-state index in [9.17, 15) is 22.8 Å². The van der Waals surface area contributed by atoms with Crippen molar-refractivity contribution in [3.63, 3.8) is 0 Å². The van der Waals surface area contributed by atoms with Gasteiger partial charge in [0.25, 0.3) is 5.91 Å². The van der Waals surface area contributed by atoms with Gasteiger partial charge in [0, 0.05) is 23.9 Å². The number of amides is 1. The first kappa shape index (κ1) is 19.4. The molecule has 5 nitrogen and oxygen atoms in total. The molecule has 8 heteroatoms. The number of halogens is 3. The molecule has 0 saturated heterocycles. The van der Waals surface area contributed by atoms with E-state index in [0.717, 1.165) is 0 Å². The number of pyridine rings is 1. The van der Waals surface area contributed by atoms with Crippen LogP contribution < -0.4 is 10.1 Å². The molecule has 0 radical (unpaired) electrons. The number of carbonyl (C=O) groups excluding carboxylic acids is 2. The quantitative estimate of drug-likeness (QED) is 0.848. The van der Waals surface area contributed by atoms with Crippen molar-refractivity contribution >= 4 is 11.7 Å². The van der Waals surface area contributed by atoms with Gasteiger partial charge >= 0.3 is 6.36 Å². The van der Waals surface area contributed by atoms with Crippen LogP contribution >= 0.6 is 0 Å². The number of benzene rings is 1. The van der Waals surface area contributed by atoms with Crippen LogP contribution in [0.1, 0.15) is 41.5 Å². The van der Waals surface area contributed by atoms with E-state index in [4.69, 9.17) is 0 Å². The van der Waals surface area contributed by atoms with Crippen LogP contribution in [0.5, 0.6) is 5.75 Å². The lowest BCUT2D eigenvalue weighted by Gasteiger charge is -2.16. The van der Waals surface area contributed by atoms with E-state index in [1.54, 1.807) is 13.0 Å². The fraction of sp³-hybridized carbons (Fsp3) is 0.278. The van der Waals surface area contributed by atoms with E-state index in [1.807, 2.05) is 0 Å². The first-order chi connectivity index (χ1) is 12.1. The molecular formula is C18H17F3N2O3. The van der Waals surface area contributed by atoms with Crippen molar-refractivity contribution < 1.29 is 27.5 Å². The molecule has 0 aliphatic rings. The summed E-state index contributed by atoms with van der Waals surface area (Å²) in [6, 6.07) is 7.85. The Morgan fingerprint density at radius 3 is 2.62 bits per heavy atom. The van der Waals surface area contributed by atoms with Gasteiger partial charge in [-0.3, -0.25) is 14.6 Å². The summed E-state index contributed by atoms with van der Waals surface area (Å²) in [5, 5.41) is 2.69. The summed E-state index contributed by atoms with van der Waals surface area (Å²) in [6.45, 7) is 3.06. The zero-order chi connectivity index (χ0) is 19.3. The Bertz CT molecular complexity index is 806. The zero-order valence-corrected chi connectivity index (χ0v) is 14.1. The molecule has 1 unspecified atom stereocenters.